The molecule has 17 heavy (non-hydrogen) atoms. The molecule has 0 aliphatic rings. The van der Waals surface area contributed by atoms with Crippen LogP contribution >= 0.6 is 0 Å². The minimum Gasteiger partial charge on any atom is -0.545 e. The number of hydrogen-bond acceptors (Lipinski definition) is 4. The number of carboxylic acid groups (broad SMARTS) is 1. The monoisotopic (exact) mass is 256 g/mol. The van der Waals surface area contributed by atoms with Crippen LogP contribution < -0.4 is 56.5 Å². The van der Waals surface area contributed by atoms with E-state index >= 15 is 0 Å². The van der Waals surface area contributed by atoms with E-state index in [9.17, 15) is 15.0 Å². The van der Waals surface area contributed by atoms with Crippen molar-refractivity contribution < 1.29 is 66.4 Å². The maximum absolute atomic E-state index is 10.6. The van der Waals surface area contributed by atoms with E-state index in [0.29, 0.717) is 5.56 Å². The molecule has 1 N–H and O–H groups in total. The Kier molecular flexibility index (Phi) is 4.90. The van der Waals surface area contributed by atoms with Gasteiger partial charge in [0.2, 0.25) is 0 Å². The summed E-state index contributed by atoms with van der Waals surface area (Å²) < 4.78 is 1.63. The van der Waals surface area contributed by atoms with E-state index in [0.717, 1.165) is 5.69 Å². The second-order valence-corrected chi connectivity index (χ2v) is 3.36. The standard InChI is InChI=1S/C11H10N2O3.K/c1-13-9(4-5-12-13)7-2-3-8(11(15)16)10(14)6-7;/h2-6,14H,1H3,(H,15,16);/q;+1/p-1. The normalized spacial score (nSPS) is 9.71. The van der Waals surface area contributed by atoms with Crippen LogP contribution in [0.25, 0.3) is 11.3 Å². The van der Waals surface area contributed by atoms with Crippen molar-refractivity contribution >= 4 is 5.97 Å². The molecule has 0 spiro atoms. The van der Waals surface area contributed by atoms with Gasteiger partial charge in [-0.1, -0.05) is 6.07 Å². The molecule has 82 valence electrons. The van der Waals surface area contributed by atoms with Crippen LogP contribution in [-0.4, -0.2) is 20.9 Å². The summed E-state index contributed by atoms with van der Waals surface area (Å²) in [6.07, 6.45) is 1.62. The predicted octanol–water partition coefficient (Wildman–Crippen LogP) is -2.84. The Morgan fingerprint density at radius 3 is 2.59 bits per heavy atom. The van der Waals surface area contributed by atoms with Crippen LogP contribution in [0.5, 0.6) is 5.75 Å². The van der Waals surface area contributed by atoms with Gasteiger partial charge >= 0.3 is 51.4 Å². The van der Waals surface area contributed by atoms with Gasteiger partial charge in [-0.15, -0.1) is 0 Å². The van der Waals surface area contributed by atoms with Crippen LogP contribution in [-0.2, 0) is 7.05 Å². The van der Waals surface area contributed by atoms with Crippen molar-refractivity contribution in [3.8, 4) is 17.0 Å². The van der Waals surface area contributed by atoms with Crippen molar-refractivity contribution in [1.29, 1.82) is 0 Å². The minimum absolute atomic E-state index is 0. The summed E-state index contributed by atoms with van der Waals surface area (Å²) in [4.78, 5) is 10.6. The number of rotatable bonds is 2. The summed E-state index contributed by atoms with van der Waals surface area (Å²) in [7, 11) is 1.76. The molecule has 0 saturated carbocycles. The number of aryl methyl sites for hydroxylation is 1. The zero-order valence-corrected chi connectivity index (χ0v) is 12.7. The van der Waals surface area contributed by atoms with Crippen LogP contribution in [0.15, 0.2) is 30.5 Å². The third kappa shape index (κ3) is 2.96. The van der Waals surface area contributed by atoms with Gasteiger partial charge in [0.05, 0.1) is 11.7 Å². The average molecular weight is 256 g/mol. The summed E-state index contributed by atoms with van der Waals surface area (Å²) in [5, 5.41) is 24.1. The quantitative estimate of drug-likeness (QED) is 0.587. The number of phenols is 1. The predicted molar refractivity (Wildman–Crippen MR) is 54.6 cm³/mol. The van der Waals surface area contributed by atoms with Crippen molar-refractivity contribution in [2.45, 2.75) is 0 Å². The van der Waals surface area contributed by atoms with E-state index in [2.05, 4.69) is 5.10 Å². The Bertz CT molecular complexity index is 551. The summed E-state index contributed by atoms with van der Waals surface area (Å²) in [5.74, 6) is -1.70. The fraction of sp³-hybridized carbons (Fsp3) is 0.0909. The molecule has 0 bridgehead atoms. The Morgan fingerprint density at radius 1 is 1.41 bits per heavy atom. The Hall–Kier alpha value is -0.664. The maximum atomic E-state index is 10.6. The molecular formula is C11H9KN2O3. The first-order valence-corrected chi connectivity index (χ1v) is 4.62. The fourth-order valence-electron chi connectivity index (χ4n) is 1.52. The molecule has 5 nitrogen and oxygen atoms in total. The smallest absolute Gasteiger partial charge is 0.545 e. The number of carboxylic acids is 1. The molecule has 1 aromatic carbocycles. The summed E-state index contributed by atoms with van der Waals surface area (Å²) >= 11 is 0. The average Bonchev–Trinajstić information content (AvgIpc) is 2.63. The van der Waals surface area contributed by atoms with E-state index in [1.54, 1.807) is 30.1 Å². The van der Waals surface area contributed by atoms with Crippen LogP contribution in [0.2, 0.25) is 0 Å². The molecule has 0 aliphatic carbocycles. The number of nitrogens with zero attached hydrogens (tertiary/aromatic N) is 2. The van der Waals surface area contributed by atoms with Gasteiger partial charge in [0.15, 0.2) is 0 Å². The van der Waals surface area contributed by atoms with E-state index in [1.165, 1.54) is 12.1 Å². The minimum atomic E-state index is -1.39. The topological polar surface area (TPSA) is 78.2 Å². The van der Waals surface area contributed by atoms with Gasteiger partial charge < -0.3 is 15.0 Å². The van der Waals surface area contributed by atoms with E-state index in [1.807, 2.05) is 0 Å². The third-order valence-electron chi connectivity index (χ3n) is 2.33. The van der Waals surface area contributed by atoms with E-state index < -0.39 is 5.97 Å². The SMILES string of the molecule is Cn1nccc1-c1ccc(C(=O)[O-])c(O)c1.[K+]. The van der Waals surface area contributed by atoms with E-state index in [4.69, 9.17) is 0 Å². The van der Waals surface area contributed by atoms with Crippen molar-refractivity contribution in [3.63, 3.8) is 0 Å². The Balaban J connectivity index is 0.00000144. The fourth-order valence-corrected chi connectivity index (χ4v) is 1.52. The first kappa shape index (κ1) is 14.4. The number of carbonyl (C=O) groups excluding carboxylic acids is 1. The Morgan fingerprint density at radius 2 is 2.12 bits per heavy atom. The molecule has 2 aromatic rings. The molecule has 0 saturated heterocycles. The third-order valence-corrected chi connectivity index (χ3v) is 2.33. The van der Waals surface area contributed by atoms with Gasteiger partial charge in [-0.2, -0.15) is 5.10 Å². The van der Waals surface area contributed by atoms with Crippen molar-refractivity contribution in [3.05, 3.63) is 36.0 Å². The zero-order chi connectivity index (χ0) is 11.7. The molecule has 0 amide bonds. The molecule has 2 rings (SSSR count). The summed E-state index contributed by atoms with van der Waals surface area (Å²) in [6.45, 7) is 0. The van der Waals surface area contributed by atoms with Crippen LogP contribution in [0.1, 0.15) is 10.4 Å². The van der Waals surface area contributed by atoms with Crippen LogP contribution in [0.4, 0.5) is 0 Å². The van der Waals surface area contributed by atoms with Crippen LogP contribution in [0, 0.1) is 0 Å². The van der Waals surface area contributed by atoms with Gasteiger partial charge in [0.1, 0.15) is 5.75 Å². The van der Waals surface area contributed by atoms with Crippen molar-refractivity contribution in [2.75, 3.05) is 0 Å². The van der Waals surface area contributed by atoms with Crippen LogP contribution in [0.3, 0.4) is 0 Å². The number of aromatic nitrogens is 2. The van der Waals surface area contributed by atoms with E-state index in [-0.39, 0.29) is 62.7 Å². The second-order valence-electron chi connectivity index (χ2n) is 3.36. The molecule has 1 aromatic heterocycles. The summed E-state index contributed by atoms with van der Waals surface area (Å²) in [5.41, 5.74) is 1.27. The number of carbonyl (C=O) groups is 1. The van der Waals surface area contributed by atoms with Gasteiger partial charge in [0.25, 0.3) is 0 Å². The number of aromatic hydroxyl groups is 1. The molecule has 0 aliphatic heterocycles. The molecule has 0 radical (unpaired) electrons. The zero-order valence-electron chi connectivity index (χ0n) is 9.54. The number of aromatic carboxylic acids is 1. The first-order chi connectivity index (χ1) is 7.59. The maximum Gasteiger partial charge on any atom is 1.00 e. The molecule has 0 unspecified atom stereocenters. The number of hydrogen-bond donors (Lipinski definition) is 1. The molecule has 6 heteroatoms. The molecule has 0 fully saturated rings. The Labute approximate surface area is 140 Å². The second kappa shape index (κ2) is 5.79. The molecule has 1 heterocycles. The van der Waals surface area contributed by atoms with Gasteiger partial charge in [-0.05, 0) is 18.2 Å². The first-order valence-electron chi connectivity index (χ1n) is 4.62. The summed E-state index contributed by atoms with van der Waals surface area (Å²) in [6, 6.07) is 6.06. The van der Waals surface area contributed by atoms with Gasteiger partial charge in [0, 0.05) is 24.4 Å². The molecular weight excluding hydrogens is 247 g/mol. The van der Waals surface area contributed by atoms with Gasteiger partial charge in [-0.3, -0.25) is 4.68 Å². The largest absolute Gasteiger partial charge is 1.00 e. The van der Waals surface area contributed by atoms with Crippen molar-refractivity contribution in [1.82, 2.24) is 9.78 Å². The van der Waals surface area contributed by atoms with Crippen molar-refractivity contribution in [2.24, 2.45) is 7.05 Å². The number of benzene rings is 1. The molecule has 0 atom stereocenters. The van der Waals surface area contributed by atoms with Gasteiger partial charge in [-0.25, -0.2) is 0 Å².